The van der Waals surface area contributed by atoms with Crippen LogP contribution in [0.4, 0.5) is 0 Å². The Labute approximate surface area is 102 Å². The van der Waals surface area contributed by atoms with Crippen LogP contribution in [0.2, 0.25) is 5.02 Å². The van der Waals surface area contributed by atoms with Gasteiger partial charge in [0, 0.05) is 11.1 Å². The lowest BCUT2D eigenvalue weighted by molar-refractivity contribution is 0.501. The van der Waals surface area contributed by atoms with Crippen molar-refractivity contribution in [3.05, 3.63) is 34.3 Å². The van der Waals surface area contributed by atoms with Crippen LogP contribution in [0.15, 0.2) is 18.2 Å². The molecule has 2 unspecified atom stereocenters. The smallest absolute Gasteiger partial charge is 0.121 e. The Morgan fingerprint density at radius 2 is 2.19 bits per heavy atom. The van der Waals surface area contributed by atoms with E-state index >= 15 is 0 Å². The van der Waals surface area contributed by atoms with E-state index < -0.39 is 0 Å². The molecule has 1 rings (SSSR count). The maximum absolute atomic E-state index is 9.13. The van der Waals surface area contributed by atoms with E-state index in [2.05, 4.69) is 25.2 Å². The summed E-state index contributed by atoms with van der Waals surface area (Å²) in [5, 5.41) is 13.1. The molecule has 0 amide bonds. The summed E-state index contributed by atoms with van der Waals surface area (Å²) in [6.07, 6.45) is 0.998. The molecule has 1 aromatic rings. The number of nitrogens with zero attached hydrogens (tertiary/aromatic N) is 1. The fourth-order valence-electron chi connectivity index (χ4n) is 1.40. The first-order chi connectivity index (χ1) is 7.58. The summed E-state index contributed by atoms with van der Waals surface area (Å²) in [4.78, 5) is 0. The van der Waals surface area contributed by atoms with Crippen molar-refractivity contribution >= 4 is 11.6 Å². The quantitative estimate of drug-likeness (QED) is 0.867. The molecule has 0 aliphatic rings. The van der Waals surface area contributed by atoms with Crippen molar-refractivity contribution in [2.75, 3.05) is 0 Å². The van der Waals surface area contributed by atoms with Crippen LogP contribution < -0.4 is 5.32 Å². The summed E-state index contributed by atoms with van der Waals surface area (Å²) < 4.78 is 0. The average molecular weight is 237 g/mol. The Morgan fingerprint density at radius 3 is 2.69 bits per heavy atom. The summed E-state index contributed by atoms with van der Waals surface area (Å²) >= 11 is 6.05. The predicted molar refractivity (Wildman–Crippen MR) is 67.4 cm³/mol. The number of hydrogen-bond acceptors (Lipinski definition) is 2. The lowest BCUT2D eigenvalue weighted by Crippen LogP contribution is -2.29. The number of aryl methyl sites for hydroxylation is 1. The van der Waals surface area contributed by atoms with Gasteiger partial charge >= 0.3 is 0 Å². The molecule has 0 aliphatic heterocycles. The molecule has 1 N–H and O–H groups in total. The monoisotopic (exact) mass is 236 g/mol. The van der Waals surface area contributed by atoms with Crippen molar-refractivity contribution in [1.82, 2.24) is 5.32 Å². The number of rotatable bonds is 4. The lowest BCUT2D eigenvalue weighted by atomic mass is 10.0. The van der Waals surface area contributed by atoms with Gasteiger partial charge in [0.1, 0.15) is 6.04 Å². The molecule has 0 aromatic heterocycles. The normalized spacial score (nSPS) is 14.2. The van der Waals surface area contributed by atoms with Crippen molar-refractivity contribution in [2.24, 2.45) is 0 Å². The standard InChI is InChI=1S/C13H17ClN2/c1-4-10(3)16-13(8-15)11-6-5-9(2)12(14)7-11/h5-7,10,13,16H,4H2,1-3H3. The molecule has 0 aliphatic carbocycles. The van der Waals surface area contributed by atoms with Gasteiger partial charge in [0.25, 0.3) is 0 Å². The van der Waals surface area contributed by atoms with Crippen LogP contribution in [0.3, 0.4) is 0 Å². The number of halogens is 1. The summed E-state index contributed by atoms with van der Waals surface area (Å²) in [7, 11) is 0. The summed E-state index contributed by atoms with van der Waals surface area (Å²) in [5.41, 5.74) is 1.96. The van der Waals surface area contributed by atoms with Gasteiger partial charge in [-0.2, -0.15) is 5.26 Å². The molecule has 0 saturated carbocycles. The highest BCUT2D eigenvalue weighted by Crippen LogP contribution is 2.21. The topological polar surface area (TPSA) is 35.8 Å². The fourth-order valence-corrected chi connectivity index (χ4v) is 1.59. The molecular formula is C13H17ClN2. The average Bonchev–Trinajstić information content (AvgIpc) is 2.29. The molecule has 0 spiro atoms. The van der Waals surface area contributed by atoms with Crippen LogP contribution in [0.5, 0.6) is 0 Å². The maximum atomic E-state index is 9.13. The minimum absolute atomic E-state index is 0.284. The molecule has 0 saturated heterocycles. The van der Waals surface area contributed by atoms with E-state index in [0.29, 0.717) is 11.1 Å². The van der Waals surface area contributed by atoms with Crippen LogP contribution in [-0.4, -0.2) is 6.04 Å². The Kier molecular flexibility index (Phi) is 4.79. The van der Waals surface area contributed by atoms with Crippen molar-refractivity contribution in [2.45, 2.75) is 39.3 Å². The van der Waals surface area contributed by atoms with Gasteiger partial charge in [0.05, 0.1) is 6.07 Å². The van der Waals surface area contributed by atoms with Crippen molar-refractivity contribution in [3.63, 3.8) is 0 Å². The van der Waals surface area contributed by atoms with Gasteiger partial charge in [-0.15, -0.1) is 0 Å². The van der Waals surface area contributed by atoms with Gasteiger partial charge in [0.2, 0.25) is 0 Å². The van der Waals surface area contributed by atoms with Gasteiger partial charge in [0.15, 0.2) is 0 Å². The number of nitrogens with one attached hydrogen (secondary N) is 1. The molecule has 0 heterocycles. The zero-order chi connectivity index (χ0) is 12.1. The van der Waals surface area contributed by atoms with E-state index in [4.69, 9.17) is 16.9 Å². The minimum atomic E-state index is -0.284. The summed E-state index contributed by atoms with van der Waals surface area (Å²) in [6.45, 7) is 6.12. The van der Waals surface area contributed by atoms with E-state index in [0.717, 1.165) is 17.5 Å². The highest BCUT2D eigenvalue weighted by Gasteiger charge is 2.13. The third kappa shape index (κ3) is 3.23. The number of benzene rings is 1. The van der Waals surface area contributed by atoms with Crippen LogP contribution in [0.25, 0.3) is 0 Å². The first-order valence-electron chi connectivity index (χ1n) is 5.50. The summed E-state index contributed by atoms with van der Waals surface area (Å²) in [5.74, 6) is 0. The highest BCUT2D eigenvalue weighted by atomic mass is 35.5. The van der Waals surface area contributed by atoms with E-state index in [9.17, 15) is 0 Å². The first kappa shape index (κ1) is 13.0. The Bertz CT molecular complexity index is 395. The molecule has 1 aromatic carbocycles. The van der Waals surface area contributed by atoms with Gasteiger partial charge in [-0.1, -0.05) is 30.7 Å². The largest absolute Gasteiger partial charge is 0.296 e. The van der Waals surface area contributed by atoms with Crippen LogP contribution in [0, 0.1) is 18.3 Å². The number of nitriles is 1. The molecular weight excluding hydrogens is 220 g/mol. The zero-order valence-electron chi connectivity index (χ0n) is 9.92. The van der Waals surface area contributed by atoms with E-state index in [1.807, 2.05) is 25.1 Å². The molecule has 2 atom stereocenters. The minimum Gasteiger partial charge on any atom is -0.296 e. The molecule has 0 radical (unpaired) electrons. The molecule has 0 bridgehead atoms. The third-order valence-electron chi connectivity index (χ3n) is 2.72. The molecule has 16 heavy (non-hydrogen) atoms. The second-order valence-corrected chi connectivity index (χ2v) is 4.45. The molecule has 86 valence electrons. The van der Waals surface area contributed by atoms with Crippen LogP contribution in [0.1, 0.15) is 37.4 Å². The fraction of sp³-hybridized carbons (Fsp3) is 0.462. The zero-order valence-corrected chi connectivity index (χ0v) is 10.7. The Hall–Kier alpha value is -1.04. The van der Waals surface area contributed by atoms with E-state index in [1.54, 1.807) is 0 Å². The Morgan fingerprint density at radius 1 is 1.50 bits per heavy atom. The second-order valence-electron chi connectivity index (χ2n) is 4.05. The van der Waals surface area contributed by atoms with Gasteiger partial charge in [-0.05, 0) is 37.5 Å². The third-order valence-corrected chi connectivity index (χ3v) is 3.13. The first-order valence-corrected chi connectivity index (χ1v) is 5.88. The van der Waals surface area contributed by atoms with Gasteiger partial charge in [-0.3, -0.25) is 5.32 Å². The van der Waals surface area contributed by atoms with Gasteiger partial charge < -0.3 is 0 Å². The Balaban J connectivity index is 2.88. The van der Waals surface area contributed by atoms with Crippen LogP contribution in [-0.2, 0) is 0 Å². The number of hydrogen-bond donors (Lipinski definition) is 1. The highest BCUT2D eigenvalue weighted by molar-refractivity contribution is 6.31. The van der Waals surface area contributed by atoms with Crippen LogP contribution >= 0.6 is 11.6 Å². The summed E-state index contributed by atoms with van der Waals surface area (Å²) in [6, 6.07) is 8.06. The second kappa shape index (κ2) is 5.89. The van der Waals surface area contributed by atoms with Crippen molar-refractivity contribution in [3.8, 4) is 6.07 Å². The van der Waals surface area contributed by atoms with Crippen molar-refractivity contribution in [1.29, 1.82) is 5.26 Å². The SMILES string of the molecule is CCC(C)NC(C#N)c1ccc(C)c(Cl)c1. The van der Waals surface area contributed by atoms with E-state index in [-0.39, 0.29) is 6.04 Å². The predicted octanol–water partition coefficient (Wildman–Crippen LogP) is 3.60. The molecule has 0 fully saturated rings. The molecule has 2 nitrogen and oxygen atoms in total. The van der Waals surface area contributed by atoms with Crippen molar-refractivity contribution < 1.29 is 0 Å². The maximum Gasteiger partial charge on any atom is 0.121 e. The van der Waals surface area contributed by atoms with E-state index in [1.165, 1.54) is 0 Å². The lowest BCUT2D eigenvalue weighted by Gasteiger charge is -2.17. The van der Waals surface area contributed by atoms with Gasteiger partial charge in [-0.25, -0.2) is 0 Å². The molecule has 3 heteroatoms.